The normalized spacial score (nSPS) is 15.1. The smallest absolute Gasteiger partial charge is 0.271 e. The van der Waals surface area contributed by atoms with Crippen molar-refractivity contribution in [1.29, 1.82) is 0 Å². The number of rotatable bonds is 6. The Balaban J connectivity index is 1.32. The fourth-order valence-electron chi connectivity index (χ4n) is 3.26. The number of hydrogen-bond acceptors (Lipinski definition) is 6. The molecule has 1 saturated heterocycles. The summed E-state index contributed by atoms with van der Waals surface area (Å²) in [5, 5.41) is 0. The van der Waals surface area contributed by atoms with Crippen molar-refractivity contribution in [2.75, 3.05) is 31.1 Å². The fourth-order valence-corrected chi connectivity index (χ4v) is 3.78. The topological polar surface area (TPSA) is 41.5 Å². The molecule has 27 heavy (non-hydrogen) atoms. The summed E-state index contributed by atoms with van der Waals surface area (Å²) in [5.41, 5.74) is 3.76. The van der Waals surface area contributed by atoms with Crippen LogP contribution in [-0.4, -0.2) is 39.8 Å². The maximum Gasteiger partial charge on any atom is 0.271 e. The second-order valence-electron chi connectivity index (χ2n) is 6.92. The minimum absolute atomic E-state index is 0.521. The van der Waals surface area contributed by atoms with E-state index in [2.05, 4.69) is 80.1 Å². The molecule has 1 aliphatic heterocycles. The Labute approximate surface area is 164 Å². The van der Waals surface area contributed by atoms with Crippen molar-refractivity contribution in [2.24, 2.45) is 0 Å². The largest absolute Gasteiger partial charge is 0.470 e. The number of aromatic nitrogens is 2. The standard InChI is InChI=1S/C21H24N4OS/c1-17-7-9-19(10-8-17)16-26-21-20(22-27-23-21)25-13-11-24(12-14-25)15-18-5-3-2-4-6-18/h2-10H,11-16H2,1H3. The van der Waals surface area contributed by atoms with E-state index in [0.29, 0.717) is 12.5 Å². The number of piperazine rings is 1. The van der Waals surface area contributed by atoms with Crippen LogP contribution in [0.25, 0.3) is 0 Å². The summed E-state index contributed by atoms with van der Waals surface area (Å²) >= 11 is 1.22. The predicted molar refractivity (Wildman–Crippen MR) is 109 cm³/mol. The van der Waals surface area contributed by atoms with Crippen molar-refractivity contribution in [2.45, 2.75) is 20.1 Å². The van der Waals surface area contributed by atoms with E-state index in [0.717, 1.165) is 44.1 Å². The van der Waals surface area contributed by atoms with E-state index in [9.17, 15) is 0 Å². The summed E-state index contributed by atoms with van der Waals surface area (Å²) in [6, 6.07) is 19.0. The Bertz CT molecular complexity index is 842. The Morgan fingerprint density at radius 1 is 0.889 bits per heavy atom. The van der Waals surface area contributed by atoms with E-state index >= 15 is 0 Å². The van der Waals surface area contributed by atoms with Gasteiger partial charge in [-0.3, -0.25) is 4.90 Å². The number of hydrogen-bond donors (Lipinski definition) is 0. The zero-order chi connectivity index (χ0) is 18.5. The van der Waals surface area contributed by atoms with Crippen LogP contribution in [0.4, 0.5) is 5.82 Å². The number of nitrogens with zero attached hydrogens (tertiary/aromatic N) is 4. The van der Waals surface area contributed by atoms with Crippen molar-refractivity contribution >= 4 is 17.5 Å². The zero-order valence-corrected chi connectivity index (χ0v) is 16.4. The Morgan fingerprint density at radius 2 is 1.63 bits per heavy atom. The molecule has 0 amide bonds. The van der Waals surface area contributed by atoms with Gasteiger partial charge >= 0.3 is 0 Å². The summed E-state index contributed by atoms with van der Waals surface area (Å²) in [4.78, 5) is 4.77. The highest BCUT2D eigenvalue weighted by Crippen LogP contribution is 2.27. The van der Waals surface area contributed by atoms with Crippen LogP contribution in [0.5, 0.6) is 5.88 Å². The van der Waals surface area contributed by atoms with Gasteiger partial charge in [0.05, 0.1) is 11.7 Å². The van der Waals surface area contributed by atoms with Crippen LogP contribution in [0.15, 0.2) is 54.6 Å². The first-order chi connectivity index (χ1) is 13.3. The minimum Gasteiger partial charge on any atom is -0.470 e. The zero-order valence-electron chi connectivity index (χ0n) is 15.5. The van der Waals surface area contributed by atoms with Gasteiger partial charge in [0.25, 0.3) is 5.88 Å². The minimum atomic E-state index is 0.521. The van der Waals surface area contributed by atoms with Gasteiger partial charge in [0.2, 0.25) is 5.82 Å². The molecule has 1 aromatic heterocycles. The molecule has 0 bridgehead atoms. The maximum atomic E-state index is 5.96. The van der Waals surface area contributed by atoms with E-state index in [4.69, 9.17) is 4.74 Å². The molecule has 0 aliphatic carbocycles. The van der Waals surface area contributed by atoms with Crippen LogP contribution in [0.3, 0.4) is 0 Å². The van der Waals surface area contributed by atoms with Gasteiger partial charge in [0.15, 0.2) is 0 Å². The van der Waals surface area contributed by atoms with E-state index in [-0.39, 0.29) is 0 Å². The molecule has 5 nitrogen and oxygen atoms in total. The van der Waals surface area contributed by atoms with Gasteiger partial charge in [-0.25, -0.2) is 0 Å². The van der Waals surface area contributed by atoms with Crippen molar-refractivity contribution in [1.82, 2.24) is 13.6 Å². The van der Waals surface area contributed by atoms with Gasteiger partial charge in [-0.2, -0.15) is 4.37 Å². The van der Waals surface area contributed by atoms with Crippen LogP contribution in [-0.2, 0) is 13.2 Å². The van der Waals surface area contributed by atoms with E-state index in [1.807, 2.05) is 0 Å². The number of benzene rings is 2. The van der Waals surface area contributed by atoms with Gasteiger partial charge < -0.3 is 9.64 Å². The molecule has 140 valence electrons. The third-order valence-electron chi connectivity index (χ3n) is 4.86. The lowest BCUT2D eigenvalue weighted by Crippen LogP contribution is -2.46. The summed E-state index contributed by atoms with van der Waals surface area (Å²) < 4.78 is 14.8. The van der Waals surface area contributed by atoms with E-state index < -0.39 is 0 Å². The molecule has 0 N–H and O–H groups in total. The lowest BCUT2D eigenvalue weighted by Gasteiger charge is -2.34. The Hall–Kier alpha value is -2.44. The molecule has 3 aromatic rings. The molecular weight excluding hydrogens is 356 g/mol. The molecule has 0 saturated carbocycles. The quantitative estimate of drug-likeness (QED) is 0.651. The van der Waals surface area contributed by atoms with Crippen LogP contribution in [0, 0.1) is 6.92 Å². The van der Waals surface area contributed by atoms with Gasteiger partial charge in [-0.1, -0.05) is 60.2 Å². The average Bonchev–Trinajstić information content (AvgIpc) is 3.18. The van der Waals surface area contributed by atoms with Gasteiger partial charge in [0, 0.05) is 32.7 Å². The van der Waals surface area contributed by atoms with Crippen molar-refractivity contribution < 1.29 is 4.74 Å². The summed E-state index contributed by atoms with van der Waals surface area (Å²) in [5.74, 6) is 1.53. The fraction of sp³-hybridized carbons (Fsp3) is 0.333. The first-order valence-electron chi connectivity index (χ1n) is 9.30. The third kappa shape index (κ3) is 4.64. The summed E-state index contributed by atoms with van der Waals surface area (Å²) in [6.07, 6.45) is 0. The second-order valence-corrected chi connectivity index (χ2v) is 7.44. The Kier molecular flexibility index (Phi) is 5.65. The molecule has 0 radical (unpaired) electrons. The first kappa shape index (κ1) is 17.9. The van der Waals surface area contributed by atoms with Crippen LogP contribution in [0.1, 0.15) is 16.7 Å². The van der Waals surface area contributed by atoms with Crippen molar-refractivity contribution in [3.8, 4) is 5.88 Å². The maximum absolute atomic E-state index is 5.96. The molecule has 0 atom stereocenters. The van der Waals surface area contributed by atoms with E-state index in [1.165, 1.54) is 22.9 Å². The molecule has 4 rings (SSSR count). The second kappa shape index (κ2) is 8.50. The third-order valence-corrected chi connectivity index (χ3v) is 5.36. The van der Waals surface area contributed by atoms with Gasteiger partial charge in [-0.05, 0) is 18.1 Å². The molecular formula is C21H24N4OS. The van der Waals surface area contributed by atoms with Crippen molar-refractivity contribution in [3.63, 3.8) is 0 Å². The molecule has 2 aromatic carbocycles. The van der Waals surface area contributed by atoms with Crippen LogP contribution >= 0.6 is 11.7 Å². The van der Waals surface area contributed by atoms with E-state index in [1.54, 1.807) is 0 Å². The summed E-state index contributed by atoms with van der Waals surface area (Å²) in [7, 11) is 0. The molecule has 1 aliphatic rings. The van der Waals surface area contributed by atoms with Gasteiger partial charge in [-0.15, -0.1) is 4.37 Å². The highest BCUT2D eigenvalue weighted by Gasteiger charge is 2.23. The molecule has 1 fully saturated rings. The SMILES string of the molecule is Cc1ccc(COc2nsnc2N2CCN(Cc3ccccc3)CC2)cc1. The lowest BCUT2D eigenvalue weighted by atomic mass is 10.2. The number of anilines is 1. The number of ether oxygens (including phenoxy) is 1. The molecule has 6 heteroatoms. The van der Waals surface area contributed by atoms with Gasteiger partial charge in [0.1, 0.15) is 6.61 Å². The summed E-state index contributed by atoms with van der Waals surface area (Å²) in [6.45, 7) is 7.53. The first-order valence-corrected chi connectivity index (χ1v) is 10.0. The van der Waals surface area contributed by atoms with Crippen molar-refractivity contribution in [3.05, 3.63) is 71.3 Å². The predicted octanol–water partition coefficient (Wildman–Crippen LogP) is 3.75. The highest BCUT2D eigenvalue weighted by molar-refractivity contribution is 6.99. The highest BCUT2D eigenvalue weighted by atomic mass is 32.1. The number of aryl methyl sites for hydroxylation is 1. The average molecular weight is 381 g/mol. The monoisotopic (exact) mass is 380 g/mol. The van der Waals surface area contributed by atoms with Crippen LogP contribution < -0.4 is 9.64 Å². The lowest BCUT2D eigenvalue weighted by molar-refractivity contribution is 0.247. The Morgan fingerprint density at radius 3 is 2.37 bits per heavy atom. The molecule has 2 heterocycles. The molecule has 0 spiro atoms. The molecule has 0 unspecified atom stereocenters. The van der Waals surface area contributed by atoms with Crippen LogP contribution in [0.2, 0.25) is 0 Å².